The first-order chi connectivity index (χ1) is 4.91. The fourth-order valence-corrected chi connectivity index (χ4v) is 0.594. The molecule has 0 aliphatic carbocycles. The second-order valence-electron chi connectivity index (χ2n) is 2.16. The van der Waals surface area contributed by atoms with Crippen LogP contribution < -0.4 is 0 Å². The van der Waals surface area contributed by atoms with E-state index in [-0.39, 0.29) is 11.5 Å². The maximum Gasteiger partial charge on any atom is 0.468 e. The van der Waals surface area contributed by atoms with E-state index < -0.39 is 12.1 Å². The third-order valence-electron chi connectivity index (χ3n) is 1.27. The van der Waals surface area contributed by atoms with Gasteiger partial charge < -0.3 is 4.42 Å². The summed E-state index contributed by atoms with van der Waals surface area (Å²) in [5, 5.41) is 0. The van der Waals surface area contributed by atoms with Crippen molar-refractivity contribution in [2.45, 2.75) is 20.0 Å². The maximum absolute atomic E-state index is 11.8. The molecule has 0 fully saturated rings. The molecule has 5 heteroatoms. The summed E-state index contributed by atoms with van der Waals surface area (Å²) in [5.74, 6) is -0.968. The van der Waals surface area contributed by atoms with E-state index in [9.17, 15) is 13.2 Å². The first kappa shape index (κ1) is 8.10. The van der Waals surface area contributed by atoms with E-state index in [1.807, 2.05) is 0 Å². The Kier molecular flexibility index (Phi) is 1.66. The van der Waals surface area contributed by atoms with Crippen LogP contribution in [0, 0.1) is 13.8 Å². The van der Waals surface area contributed by atoms with Gasteiger partial charge in [-0.25, -0.2) is 4.98 Å². The first-order valence-electron chi connectivity index (χ1n) is 2.92. The summed E-state index contributed by atoms with van der Waals surface area (Å²) in [6.45, 7) is 2.91. The number of nitrogens with zero attached hydrogens (tertiary/aromatic N) is 1. The molecule has 1 heterocycles. The number of oxazole rings is 1. The minimum Gasteiger partial charge on any atom is -0.438 e. The van der Waals surface area contributed by atoms with E-state index in [1.54, 1.807) is 0 Å². The number of aromatic nitrogens is 1. The van der Waals surface area contributed by atoms with Gasteiger partial charge in [-0.3, -0.25) is 0 Å². The van der Waals surface area contributed by atoms with Crippen LogP contribution in [0.3, 0.4) is 0 Å². The summed E-state index contributed by atoms with van der Waals surface area (Å²) in [7, 11) is 0. The normalized spacial score (nSPS) is 12.1. The van der Waals surface area contributed by atoms with Crippen molar-refractivity contribution >= 4 is 0 Å². The Balaban J connectivity index is 3.08. The summed E-state index contributed by atoms with van der Waals surface area (Å²) >= 11 is 0. The van der Waals surface area contributed by atoms with Gasteiger partial charge in [0, 0.05) is 0 Å². The van der Waals surface area contributed by atoms with Gasteiger partial charge in [0.15, 0.2) is 0 Å². The molecule has 0 saturated heterocycles. The van der Waals surface area contributed by atoms with E-state index in [0.29, 0.717) is 0 Å². The Morgan fingerprint density at radius 2 is 1.82 bits per heavy atom. The molecule has 0 aliphatic heterocycles. The molecule has 11 heavy (non-hydrogen) atoms. The van der Waals surface area contributed by atoms with Crippen molar-refractivity contribution in [3.63, 3.8) is 0 Å². The molecule has 1 rings (SSSR count). The van der Waals surface area contributed by atoms with Crippen molar-refractivity contribution in [2.75, 3.05) is 0 Å². The van der Waals surface area contributed by atoms with Crippen LogP contribution in [0.2, 0.25) is 0 Å². The summed E-state index contributed by atoms with van der Waals surface area (Å²) in [6.07, 6.45) is -4.47. The minimum atomic E-state index is -4.47. The summed E-state index contributed by atoms with van der Waals surface area (Å²) in [5.41, 5.74) is 0.275. The zero-order valence-electron chi connectivity index (χ0n) is 5.99. The predicted molar refractivity (Wildman–Crippen MR) is 31.0 cm³/mol. The number of hydrogen-bond acceptors (Lipinski definition) is 2. The third-order valence-corrected chi connectivity index (χ3v) is 1.27. The van der Waals surface area contributed by atoms with Crippen LogP contribution in [-0.2, 0) is 6.18 Å². The zero-order chi connectivity index (χ0) is 8.65. The standard InChI is InChI=1S/C6H6F3NO/c1-3-4(2)11-5(10-3)6(7,8)9/h1-2H3. The highest BCUT2D eigenvalue weighted by molar-refractivity contribution is 5.06. The fourth-order valence-electron chi connectivity index (χ4n) is 0.594. The lowest BCUT2D eigenvalue weighted by molar-refractivity contribution is -0.157. The predicted octanol–water partition coefficient (Wildman–Crippen LogP) is 2.31. The molecule has 0 radical (unpaired) electrons. The average molecular weight is 165 g/mol. The van der Waals surface area contributed by atoms with Gasteiger partial charge in [0.05, 0.1) is 5.69 Å². The summed E-state index contributed by atoms with van der Waals surface area (Å²) in [4.78, 5) is 3.19. The second kappa shape index (κ2) is 2.25. The molecule has 0 unspecified atom stereocenters. The van der Waals surface area contributed by atoms with Gasteiger partial charge in [0.2, 0.25) is 0 Å². The molecule has 0 bridgehead atoms. The van der Waals surface area contributed by atoms with Crippen molar-refractivity contribution in [3.8, 4) is 0 Å². The smallest absolute Gasteiger partial charge is 0.438 e. The van der Waals surface area contributed by atoms with E-state index >= 15 is 0 Å². The lowest BCUT2D eigenvalue weighted by Crippen LogP contribution is -2.04. The molecule has 62 valence electrons. The summed E-state index contributed by atoms with van der Waals surface area (Å²) in [6, 6.07) is 0. The van der Waals surface area contributed by atoms with Crippen LogP contribution in [0.25, 0.3) is 0 Å². The highest BCUT2D eigenvalue weighted by Gasteiger charge is 2.37. The molecule has 1 aromatic rings. The fraction of sp³-hybridized carbons (Fsp3) is 0.500. The molecule has 2 nitrogen and oxygen atoms in total. The molecular formula is C6H6F3NO. The SMILES string of the molecule is Cc1nc(C(F)(F)F)oc1C. The Hall–Kier alpha value is -1.00. The molecule has 0 N–H and O–H groups in total. The van der Waals surface area contributed by atoms with Gasteiger partial charge in [0.25, 0.3) is 0 Å². The van der Waals surface area contributed by atoms with E-state index in [0.717, 1.165) is 0 Å². The molecular weight excluding hydrogens is 159 g/mol. The first-order valence-corrected chi connectivity index (χ1v) is 2.92. The maximum atomic E-state index is 11.8. The van der Waals surface area contributed by atoms with Gasteiger partial charge in [0.1, 0.15) is 5.76 Å². The molecule has 0 aromatic carbocycles. The molecule has 0 saturated carbocycles. The largest absolute Gasteiger partial charge is 0.468 e. The van der Waals surface area contributed by atoms with Gasteiger partial charge in [-0.1, -0.05) is 0 Å². The Morgan fingerprint density at radius 3 is 2.00 bits per heavy atom. The Morgan fingerprint density at radius 1 is 1.27 bits per heavy atom. The van der Waals surface area contributed by atoms with Crippen LogP contribution in [0.1, 0.15) is 17.3 Å². The highest BCUT2D eigenvalue weighted by atomic mass is 19.4. The summed E-state index contributed by atoms with van der Waals surface area (Å²) < 4.78 is 39.8. The van der Waals surface area contributed by atoms with Gasteiger partial charge in [-0.2, -0.15) is 13.2 Å². The van der Waals surface area contributed by atoms with Crippen LogP contribution in [-0.4, -0.2) is 4.98 Å². The molecule has 0 amide bonds. The van der Waals surface area contributed by atoms with Gasteiger partial charge >= 0.3 is 12.1 Å². The number of halogens is 3. The number of hydrogen-bond donors (Lipinski definition) is 0. The third kappa shape index (κ3) is 1.53. The van der Waals surface area contributed by atoms with Crippen molar-refractivity contribution in [1.82, 2.24) is 4.98 Å². The van der Waals surface area contributed by atoms with Gasteiger partial charge in [-0.15, -0.1) is 0 Å². The topological polar surface area (TPSA) is 26.0 Å². The van der Waals surface area contributed by atoms with E-state index in [4.69, 9.17) is 0 Å². The van der Waals surface area contributed by atoms with Crippen molar-refractivity contribution in [1.29, 1.82) is 0 Å². The minimum absolute atomic E-state index is 0.206. The Labute approximate surface area is 61.0 Å². The Bertz CT molecular complexity index is 244. The number of rotatable bonds is 0. The van der Waals surface area contributed by atoms with Gasteiger partial charge in [-0.05, 0) is 13.8 Å². The van der Waals surface area contributed by atoms with Crippen molar-refractivity contribution in [3.05, 3.63) is 17.3 Å². The lowest BCUT2D eigenvalue weighted by atomic mass is 10.4. The van der Waals surface area contributed by atoms with Crippen molar-refractivity contribution in [2.24, 2.45) is 0 Å². The zero-order valence-corrected chi connectivity index (χ0v) is 5.99. The van der Waals surface area contributed by atoms with Crippen LogP contribution >= 0.6 is 0 Å². The van der Waals surface area contributed by atoms with Crippen LogP contribution in [0.15, 0.2) is 4.42 Å². The van der Waals surface area contributed by atoms with E-state index in [1.165, 1.54) is 13.8 Å². The second-order valence-corrected chi connectivity index (χ2v) is 2.16. The van der Waals surface area contributed by atoms with Crippen molar-refractivity contribution < 1.29 is 17.6 Å². The highest BCUT2D eigenvalue weighted by Crippen LogP contribution is 2.29. The molecule has 1 aromatic heterocycles. The lowest BCUT2D eigenvalue weighted by Gasteiger charge is -1.97. The van der Waals surface area contributed by atoms with Crippen LogP contribution in [0.5, 0.6) is 0 Å². The number of alkyl halides is 3. The average Bonchev–Trinajstić information content (AvgIpc) is 2.11. The molecule has 0 atom stereocenters. The quantitative estimate of drug-likeness (QED) is 0.589. The number of aryl methyl sites for hydroxylation is 2. The van der Waals surface area contributed by atoms with Crippen LogP contribution in [0.4, 0.5) is 13.2 Å². The monoisotopic (exact) mass is 165 g/mol. The van der Waals surface area contributed by atoms with E-state index in [2.05, 4.69) is 9.40 Å². The molecule has 0 aliphatic rings. The molecule has 0 spiro atoms.